The molecule has 0 saturated carbocycles. The van der Waals surface area contributed by atoms with E-state index in [0.717, 1.165) is 26.1 Å². The van der Waals surface area contributed by atoms with Gasteiger partial charge in [-0.15, -0.1) is 11.3 Å². The highest BCUT2D eigenvalue weighted by Gasteiger charge is 1.99. The maximum absolute atomic E-state index is 4.16. The van der Waals surface area contributed by atoms with Crippen LogP contribution in [0.2, 0.25) is 0 Å². The Kier molecular flexibility index (Phi) is 4.56. The van der Waals surface area contributed by atoms with Crippen molar-refractivity contribution in [2.45, 2.75) is 19.5 Å². The third-order valence-corrected chi connectivity index (χ3v) is 4.20. The van der Waals surface area contributed by atoms with Gasteiger partial charge in [0, 0.05) is 34.8 Å². The fraction of sp³-hybridized carbons (Fsp3) is 0.364. The van der Waals surface area contributed by atoms with Gasteiger partial charge in [0.05, 0.1) is 0 Å². The summed E-state index contributed by atoms with van der Waals surface area (Å²) in [7, 11) is 0. The van der Waals surface area contributed by atoms with Crippen molar-refractivity contribution in [3.8, 4) is 0 Å². The quantitative estimate of drug-likeness (QED) is 0.831. The molecule has 0 atom stereocenters. The van der Waals surface area contributed by atoms with Gasteiger partial charge in [-0.2, -0.15) is 5.10 Å². The number of hydrogen-bond donors (Lipinski definition) is 1. The van der Waals surface area contributed by atoms with E-state index in [1.165, 1.54) is 9.35 Å². The molecular formula is C11H14BrN3S. The first-order valence-electron chi connectivity index (χ1n) is 5.26. The van der Waals surface area contributed by atoms with Crippen molar-refractivity contribution in [2.24, 2.45) is 0 Å². The van der Waals surface area contributed by atoms with Crippen molar-refractivity contribution >= 4 is 27.3 Å². The summed E-state index contributed by atoms with van der Waals surface area (Å²) in [5.74, 6) is 0. The zero-order chi connectivity index (χ0) is 11.2. The number of thiophene rings is 1. The van der Waals surface area contributed by atoms with Gasteiger partial charge in [-0.05, 0) is 46.4 Å². The fourth-order valence-corrected chi connectivity index (χ4v) is 2.91. The Morgan fingerprint density at radius 3 is 3.12 bits per heavy atom. The van der Waals surface area contributed by atoms with Gasteiger partial charge in [0.25, 0.3) is 0 Å². The van der Waals surface area contributed by atoms with Crippen LogP contribution in [0.15, 0.2) is 34.4 Å². The zero-order valence-electron chi connectivity index (χ0n) is 8.90. The Bertz CT molecular complexity index is 411. The molecule has 1 N–H and O–H groups in total. The molecule has 2 heterocycles. The molecule has 0 aliphatic heterocycles. The maximum atomic E-state index is 4.16. The van der Waals surface area contributed by atoms with Gasteiger partial charge in [-0.3, -0.25) is 4.68 Å². The van der Waals surface area contributed by atoms with E-state index in [9.17, 15) is 0 Å². The predicted octanol–water partition coefficient (Wildman–Crippen LogP) is 2.89. The van der Waals surface area contributed by atoms with Crippen LogP contribution in [0.25, 0.3) is 0 Å². The molecule has 86 valence electrons. The average molecular weight is 300 g/mol. The molecule has 2 aromatic rings. The average Bonchev–Trinajstić information content (AvgIpc) is 2.90. The van der Waals surface area contributed by atoms with E-state index in [1.807, 2.05) is 23.1 Å². The minimum Gasteiger partial charge on any atom is -0.312 e. The number of rotatable bonds is 6. The van der Waals surface area contributed by atoms with Gasteiger partial charge in [-0.1, -0.05) is 0 Å². The van der Waals surface area contributed by atoms with E-state index in [-0.39, 0.29) is 0 Å². The lowest BCUT2D eigenvalue weighted by molar-refractivity contribution is 0.544. The smallest absolute Gasteiger partial charge is 0.0489 e. The lowest BCUT2D eigenvalue weighted by Crippen LogP contribution is -2.16. The first-order chi connectivity index (χ1) is 7.86. The summed E-state index contributed by atoms with van der Waals surface area (Å²) >= 11 is 5.30. The molecule has 5 heteroatoms. The number of aromatic nitrogens is 2. The fourth-order valence-electron chi connectivity index (χ4n) is 1.45. The highest BCUT2D eigenvalue weighted by molar-refractivity contribution is 9.10. The molecule has 2 rings (SSSR count). The van der Waals surface area contributed by atoms with Crippen molar-refractivity contribution < 1.29 is 0 Å². The van der Waals surface area contributed by atoms with Crippen LogP contribution in [0.4, 0.5) is 0 Å². The van der Waals surface area contributed by atoms with E-state index < -0.39 is 0 Å². The van der Waals surface area contributed by atoms with Crippen LogP contribution in [0.3, 0.4) is 0 Å². The summed E-state index contributed by atoms with van der Waals surface area (Å²) in [6.07, 6.45) is 4.91. The Morgan fingerprint density at radius 1 is 1.50 bits per heavy atom. The molecule has 0 spiro atoms. The van der Waals surface area contributed by atoms with E-state index in [4.69, 9.17) is 0 Å². The zero-order valence-corrected chi connectivity index (χ0v) is 11.3. The molecule has 16 heavy (non-hydrogen) atoms. The molecular weight excluding hydrogens is 286 g/mol. The Labute approximate surface area is 108 Å². The third kappa shape index (κ3) is 3.43. The minimum atomic E-state index is 0.942. The van der Waals surface area contributed by atoms with E-state index >= 15 is 0 Å². The molecule has 0 radical (unpaired) electrons. The second-order valence-corrected chi connectivity index (χ2v) is 5.35. The van der Waals surface area contributed by atoms with Crippen molar-refractivity contribution in [3.63, 3.8) is 0 Å². The molecule has 0 saturated heterocycles. The highest BCUT2D eigenvalue weighted by atomic mass is 79.9. The van der Waals surface area contributed by atoms with Gasteiger partial charge in [0.1, 0.15) is 0 Å². The molecule has 0 unspecified atom stereocenters. The van der Waals surface area contributed by atoms with Gasteiger partial charge < -0.3 is 5.32 Å². The number of aryl methyl sites for hydroxylation is 1. The van der Waals surface area contributed by atoms with Crippen molar-refractivity contribution in [1.82, 2.24) is 15.1 Å². The predicted molar refractivity (Wildman–Crippen MR) is 70.6 cm³/mol. The molecule has 0 aromatic carbocycles. The van der Waals surface area contributed by atoms with Crippen LogP contribution in [-0.2, 0) is 13.1 Å². The third-order valence-electron chi connectivity index (χ3n) is 2.28. The van der Waals surface area contributed by atoms with Gasteiger partial charge >= 0.3 is 0 Å². The summed E-state index contributed by atoms with van der Waals surface area (Å²) in [5.41, 5.74) is 0. The van der Waals surface area contributed by atoms with Crippen LogP contribution >= 0.6 is 27.3 Å². The monoisotopic (exact) mass is 299 g/mol. The standard InChI is InChI=1S/C11H14BrN3S/c12-10-3-8-16-11(10)9-13-4-1-6-15-7-2-5-14-15/h2-3,5,7-8,13H,1,4,6,9H2. The number of hydrogen-bond acceptors (Lipinski definition) is 3. The molecule has 0 aliphatic carbocycles. The van der Waals surface area contributed by atoms with E-state index in [2.05, 4.69) is 37.8 Å². The SMILES string of the molecule is Brc1ccsc1CNCCCn1cccn1. The van der Waals surface area contributed by atoms with Crippen molar-refractivity contribution in [3.05, 3.63) is 39.3 Å². The van der Waals surface area contributed by atoms with Gasteiger partial charge in [-0.25, -0.2) is 0 Å². The van der Waals surface area contributed by atoms with E-state index in [0.29, 0.717) is 0 Å². The molecule has 2 aromatic heterocycles. The van der Waals surface area contributed by atoms with Gasteiger partial charge in [0.2, 0.25) is 0 Å². The second kappa shape index (κ2) is 6.18. The molecule has 0 aliphatic rings. The summed E-state index contributed by atoms with van der Waals surface area (Å²) in [4.78, 5) is 1.36. The van der Waals surface area contributed by atoms with E-state index in [1.54, 1.807) is 11.3 Å². The van der Waals surface area contributed by atoms with Crippen molar-refractivity contribution in [2.75, 3.05) is 6.54 Å². The summed E-state index contributed by atoms with van der Waals surface area (Å²) in [6, 6.07) is 4.04. The van der Waals surface area contributed by atoms with Crippen LogP contribution in [0, 0.1) is 0 Å². The first-order valence-corrected chi connectivity index (χ1v) is 6.93. The lowest BCUT2D eigenvalue weighted by Gasteiger charge is -2.04. The Hall–Kier alpha value is -0.650. The Morgan fingerprint density at radius 2 is 2.44 bits per heavy atom. The normalized spacial score (nSPS) is 10.8. The Balaban J connectivity index is 1.61. The maximum Gasteiger partial charge on any atom is 0.0489 e. The second-order valence-electron chi connectivity index (χ2n) is 3.49. The van der Waals surface area contributed by atoms with Crippen LogP contribution < -0.4 is 5.32 Å². The largest absolute Gasteiger partial charge is 0.312 e. The lowest BCUT2D eigenvalue weighted by atomic mass is 10.4. The molecule has 0 bridgehead atoms. The number of nitrogens with one attached hydrogen (secondary N) is 1. The molecule has 0 fully saturated rings. The minimum absolute atomic E-state index is 0.942. The molecule has 0 amide bonds. The first kappa shape index (κ1) is 11.8. The number of halogens is 1. The number of nitrogens with zero attached hydrogens (tertiary/aromatic N) is 2. The van der Waals surface area contributed by atoms with Crippen LogP contribution in [0.5, 0.6) is 0 Å². The molecule has 3 nitrogen and oxygen atoms in total. The van der Waals surface area contributed by atoms with Crippen LogP contribution in [-0.4, -0.2) is 16.3 Å². The van der Waals surface area contributed by atoms with Crippen molar-refractivity contribution in [1.29, 1.82) is 0 Å². The van der Waals surface area contributed by atoms with Gasteiger partial charge in [0.15, 0.2) is 0 Å². The summed E-state index contributed by atoms with van der Waals surface area (Å²) in [6.45, 7) is 2.94. The highest BCUT2D eigenvalue weighted by Crippen LogP contribution is 2.21. The van der Waals surface area contributed by atoms with Crippen LogP contribution in [0.1, 0.15) is 11.3 Å². The topological polar surface area (TPSA) is 29.9 Å². The summed E-state index contributed by atoms with van der Waals surface area (Å²) in [5, 5.41) is 9.69. The summed E-state index contributed by atoms with van der Waals surface area (Å²) < 4.78 is 3.17.